The third-order valence-corrected chi connectivity index (χ3v) is 5.61. The van der Waals surface area contributed by atoms with E-state index in [0.29, 0.717) is 6.42 Å². The van der Waals surface area contributed by atoms with Crippen molar-refractivity contribution in [2.45, 2.75) is 65.1 Å². The summed E-state index contributed by atoms with van der Waals surface area (Å²) in [5, 5.41) is 10.2. The Hall–Kier alpha value is -0.420. The third kappa shape index (κ3) is 6.92. The van der Waals surface area contributed by atoms with Gasteiger partial charge in [-0.3, -0.25) is 4.57 Å². The van der Waals surface area contributed by atoms with Gasteiger partial charge < -0.3 is 18.9 Å². The molecule has 7 heteroatoms. The van der Waals surface area contributed by atoms with Gasteiger partial charge in [-0.2, -0.15) is 0 Å². The van der Waals surface area contributed by atoms with Gasteiger partial charge in [-0.05, 0) is 27.2 Å². The number of ether oxygens (including phenoxy) is 1. The molecule has 0 fully saturated rings. The number of hydrogen-bond donors (Lipinski definition) is 1. The highest BCUT2D eigenvalue weighted by atomic mass is 31.2. The zero-order chi connectivity index (χ0) is 16.3. The van der Waals surface area contributed by atoms with Crippen molar-refractivity contribution < 1.29 is 28.3 Å². The monoisotopic (exact) mass is 324 g/mol. The van der Waals surface area contributed by atoms with Gasteiger partial charge in [0.1, 0.15) is 0 Å². The smallest absolute Gasteiger partial charge is 0.336 e. The molecule has 0 aromatic carbocycles. The van der Waals surface area contributed by atoms with E-state index in [1.807, 2.05) is 6.92 Å². The summed E-state index contributed by atoms with van der Waals surface area (Å²) < 4.78 is 28.2. The summed E-state index contributed by atoms with van der Waals surface area (Å²) in [6.45, 7) is 7.64. The van der Waals surface area contributed by atoms with Crippen LogP contribution in [-0.4, -0.2) is 42.7 Å². The van der Waals surface area contributed by atoms with Gasteiger partial charge in [0.05, 0.1) is 25.5 Å². The van der Waals surface area contributed by atoms with Crippen molar-refractivity contribution in [2.24, 2.45) is 0 Å². The summed E-state index contributed by atoms with van der Waals surface area (Å²) in [6, 6.07) is 0. The van der Waals surface area contributed by atoms with Crippen LogP contribution >= 0.6 is 7.60 Å². The van der Waals surface area contributed by atoms with Gasteiger partial charge in [0, 0.05) is 0 Å². The molecular formula is C14H29O6P. The minimum Gasteiger partial charge on any atom is -0.464 e. The normalized spacial score (nSPS) is 14.7. The quantitative estimate of drug-likeness (QED) is 0.337. The summed E-state index contributed by atoms with van der Waals surface area (Å²) >= 11 is 0. The average Bonchev–Trinajstić information content (AvgIpc) is 2.43. The predicted molar refractivity (Wildman–Crippen MR) is 81.4 cm³/mol. The van der Waals surface area contributed by atoms with Crippen LogP contribution in [0.1, 0.15) is 53.4 Å². The van der Waals surface area contributed by atoms with Gasteiger partial charge in [0.2, 0.25) is 0 Å². The molecule has 0 rings (SSSR count). The van der Waals surface area contributed by atoms with Crippen LogP contribution in [0.4, 0.5) is 0 Å². The number of aliphatic hydroxyl groups excluding tert-OH is 1. The first-order valence-electron chi connectivity index (χ1n) is 7.70. The van der Waals surface area contributed by atoms with E-state index in [-0.39, 0.29) is 19.8 Å². The lowest BCUT2D eigenvalue weighted by Crippen LogP contribution is -2.36. The fraction of sp³-hybridized carbons (Fsp3) is 0.929. The number of unbranched alkanes of at least 4 members (excludes halogenated alkanes) is 2. The molecule has 2 unspecified atom stereocenters. The number of hydrogen-bond acceptors (Lipinski definition) is 6. The summed E-state index contributed by atoms with van der Waals surface area (Å²) in [6.07, 6.45) is 1.54. The molecule has 0 aliphatic carbocycles. The van der Waals surface area contributed by atoms with E-state index in [0.717, 1.165) is 19.3 Å². The van der Waals surface area contributed by atoms with Gasteiger partial charge in [-0.25, -0.2) is 4.79 Å². The molecule has 0 bridgehead atoms. The molecule has 0 amide bonds. The van der Waals surface area contributed by atoms with Crippen molar-refractivity contribution in [1.29, 1.82) is 0 Å². The lowest BCUT2D eigenvalue weighted by molar-refractivity contribution is -0.153. The van der Waals surface area contributed by atoms with Crippen LogP contribution in [-0.2, 0) is 23.1 Å². The lowest BCUT2D eigenvalue weighted by Gasteiger charge is -2.28. The molecule has 126 valence electrons. The topological polar surface area (TPSA) is 82.1 Å². The predicted octanol–water partition coefficient (Wildman–Crippen LogP) is 3.13. The molecule has 0 aliphatic rings. The fourth-order valence-corrected chi connectivity index (χ4v) is 4.21. The Morgan fingerprint density at radius 2 is 1.62 bits per heavy atom. The van der Waals surface area contributed by atoms with Gasteiger partial charge >= 0.3 is 13.6 Å². The minimum atomic E-state index is -3.55. The fourth-order valence-electron chi connectivity index (χ4n) is 2.07. The number of carbonyl (C=O) groups excluding carboxylic acids is 1. The Labute approximate surface area is 127 Å². The molecule has 0 radical (unpaired) electrons. The van der Waals surface area contributed by atoms with Crippen molar-refractivity contribution in [1.82, 2.24) is 0 Å². The molecule has 0 saturated heterocycles. The van der Waals surface area contributed by atoms with Crippen molar-refractivity contribution in [2.75, 3.05) is 19.8 Å². The van der Waals surface area contributed by atoms with Crippen LogP contribution in [0.25, 0.3) is 0 Å². The molecule has 0 aliphatic heterocycles. The van der Waals surface area contributed by atoms with E-state index < -0.39 is 25.3 Å². The van der Waals surface area contributed by atoms with Crippen LogP contribution in [0.5, 0.6) is 0 Å². The van der Waals surface area contributed by atoms with E-state index in [9.17, 15) is 14.5 Å². The van der Waals surface area contributed by atoms with Crippen LogP contribution in [0.15, 0.2) is 0 Å². The molecule has 0 aromatic heterocycles. The van der Waals surface area contributed by atoms with E-state index in [1.165, 1.54) is 0 Å². The highest BCUT2D eigenvalue weighted by Gasteiger charge is 2.43. The summed E-state index contributed by atoms with van der Waals surface area (Å²) in [4.78, 5) is 11.8. The molecule has 6 nitrogen and oxygen atoms in total. The number of aliphatic hydroxyl groups is 1. The van der Waals surface area contributed by atoms with Crippen LogP contribution < -0.4 is 0 Å². The van der Waals surface area contributed by atoms with E-state index >= 15 is 0 Å². The number of esters is 1. The largest absolute Gasteiger partial charge is 0.464 e. The average molecular weight is 324 g/mol. The molecule has 0 aromatic rings. The standard InChI is InChI=1S/C14H29O6P/c1-5-9-10-11-12(13(15)14(16)18-6-2)21(17,19-7-3)20-8-4/h12-13,15H,5-11H2,1-4H3. The summed E-state index contributed by atoms with van der Waals surface area (Å²) in [7, 11) is -3.55. The van der Waals surface area contributed by atoms with E-state index in [2.05, 4.69) is 0 Å². The Kier molecular flexibility index (Phi) is 11.0. The number of carbonyl (C=O) groups is 1. The number of rotatable bonds is 12. The molecule has 0 spiro atoms. The highest BCUT2D eigenvalue weighted by Crippen LogP contribution is 2.56. The zero-order valence-corrected chi connectivity index (χ0v) is 14.4. The van der Waals surface area contributed by atoms with E-state index in [4.69, 9.17) is 13.8 Å². The van der Waals surface area contributed by atoms with Crippen molar-refractivity contribution in [3.05, 3.63) is 0 Å². The lowest BCUT2D eigenvalue weighted by atomic mass is 10.1. The van der Waals surface area contributed by atoms with Gasteiger partial charge in [0.15, 0.2) is 6.10 Å². The maximum absolute atomic E-state index is 12.8. The minimum absolute atomic E-state index is 0.158. The molecule has 21 heavy (non-hydrogen) atoms. The molecule has 0 saturated carbocycles. The zero-order valence-electron chi connectivity index (χ0n) is 13.5. The van der Waals surface area contributed by atoms with Crippen LogP contribution in [0.3, 0.4) is 0 Å². The first-order valence-corrected chi connectivity index (χ1v) is 9.31. The first kappa shape index (κ1) is 20.6. The Morgan fingerprint density at radius 3 is 2.05 bits per heavy atom. The van der Waals surface area contributed by atoms with Crippen molar-refractivity contribution in [3.63, 3.8) is 0 Å². The summed E-state index contributed by atoms with van der Waals surface area (Å²) in [5.41, 5.74) is -0.886. The van der Waals surface area contributed by atoms with Gasteiger partial charge in [0.25, 0.3) is 0 Å². The van der Waals surface area contributed by atoms with Gasteiger partial charge in [-0.1, -0.05) is 26.2 Å². The van der Waals surface area contributed by atoms with Crippen molar-refractivity contribution in [3.8, 4) is 0 Å². The maximum Gasteiger partial charge on any atom is 0.336 e. The summed E-state index contributed by atoms with van der Waals surface area (Å²) in [5.74, 6) is -0.779. The molecular weight excluding hydrogens is 295 g/mol. The Bertz CT molecular complexity index is 323. The molecule has 1 N–H and O–H groups in total. The maximum atomic E-state index is 12.8. The van der Waals surface area contributed by atoms with Crippen molar-refractivity contribution >= 4 is 13.6 Å². The third-order valence-electron chi connectivity index (χ3n) is 3.02. The Morgan fingerprint density at radius 1 is 1.05 bits per heavy atom. The van der Waals surface area contributed by atoms with Crippen LogP contribution in [0, 0.1) is 0 Å². The Balaban J connectivity index is 5.15. The SMILES string of the molecule is CCCCCC(C(O)C(=O)OCC)P(=O)(OCC)OCC. The van der Waals surface area contributed by atoms with E-state index in [1.54, 1.807) is 20.8 Å². The van der Waals surface area contributed by atoms with Crippen LogP contribution in [0.2, 0.25) is 0 Å². The van der Waals surface area contributed by atoms with Gasteiger partial charge in [-0.15, -0.1) is 0 Å². The second-order valence-electron chi connectivity index (χ2n) is 4.64. The molecule has 2 atom stereocenters. The highest BCUT2D eigenvalue weighted by molar-refractivity contribution is 7.54. The second-order valence-corrected chi connectivity index (χ2v) is 6.89. The first-order chi connectivity index (χ1) is 9.96. The molecule has 0 heterocycles. The second kappa shape index (κ2) is 11.2.